The fourth-order valence-electron chi connectivity index (χ4n) is 2.47. The van der Waals surface area contributed by atoms with E-state index in [1.54, 1.807) is 0 Å². The number of amides is 2. The molecule has 1 fully saturated rings. The molecule has 100 valence electrons. The van der Waals surface area contributed by atoms with E-state index in [0.29, 0.717) is 24.5 Å². The van der Waals surface area contributed by atoms with E-state index in [1.165, 1.54) is 0 Å². The zero-order chi connectivity index (χ0) is 13.0. The topological polar surface area (TPSA) is 87.8 Å². The molecule has 6 heteroatoms. The quantitative estimate of drug-likeness (QED) is 0.731. The van der Waals surface area contributed by atoms with E-state index in [4.69, 9.17) is 5.73 Å². The highest BCUT2D eigenvalue weighted by atomic mass is 16.2. The van der Waals surface area contributed by atoms with Crippen LogP contribution in [0.1, 0.15) is 32.1 Å². The van der Waals surface area contributed by atoms with Crippen molar-refractivity contribution in [2.75, 3.05) is 19.6 Å². The van der Waals surface area contributed by atoms with Crippen LogP contribution in [0, 0.1) is 5.92 Å². The molecule has 2 heterocycles. The van der Waals surface area contributed by atoms with Crippen LogP contribution in [-0.4, -0.2) is 42.1 Å². The van der Waals surface area contributed by atoms with Gasteiger partial charge in [0, 0.05) is 25.9 Å². The fourth-order valence-corrected chi connectivity index (χ4v) is 2.47. The number of rotatable bonds is 3. The van der Waals surface area contributed by atoms with E-state index in [2.05, 4.69) is 10.5 Å². The molecule has 0 atom stereocenters. The second kappa shape index (κ2) is 5.95. The SMILES string of the molecule is NCCC1CCN(C(=O)C2=NNC(=O)CC2)CC1. The van der Waals surface area contributed by atoms with Gasteiger partial charge in [0.1, 0.15) is 5.71 Å². The summed E-state index contributed by atoms with van der Waals surface area (Å²) in [6.07, 6.45) is 3.88. The van der Waals surface area contributed by atoms with Gasteiger partial charge in [-0.25, -0.2) is 5.43 Å². The monoisotopic (exact) mass is 252 g/mol. The van der Waals surface area contributed by atoms with Crippen LogP contribution in [0.4, 0.5) is 0 Å². The number of carbonyl (C=O) groups is 2. The number of hydrazone groups is 1. The lowest BCUT2D eigenvalue weighted by Gasteiger charge is -2.32. The Morgan fingerprint density at radius 1 is 1.39 bits per heavy atom. The second-order valence-corrected chi connectivity index (χ2v) is 4.91. The molecule has 0 saturated carbocycles. The lowest BCUT2D eigenvalue weighted by atomic mass is 9.93. The van der Waals surface area contributed by atoms with Gasteiger partial charge in [-0.05, 0) is 31.7 Å². The molecule has 2 aliphatic rings. The van der Waals surface area contributed by atoms with Gasteiger partial charge in [-0.15, -0.1) is 0 Å². The maximum atomic E-state index is 12.1. The van der Waals surface area contributed by atoms with Crippen molar-refractivity contribution in [3.05, 3.63) is 0 Å². The highest BCUT2D eigenvalue weighted by Gasteiger charge is 2.27. The van der Waals surface area contributed by atoms with Crippen LogP contribution < -0.4 is 11.2 Å². The van der Waals surface area contributed by atoms with E-state index < -0.39 is 0 Å². The molecular formula is C12H20N4O2. The fraction of sp³-hybridized carbons (Fsp3) is 0.750. The van der Waals surface area contributed by atoms with Crippen molar-refractivity contribution in [2.45, 2.75) is 32.1 Å². The molecule has 2 aliphatic heterocycles. The Morgan fingerprint density at radius 3 is 2.67 bits per heavy atom. The van der Waals surface area contributed by atoms with E-state index in [-0.39, 0.29) is 11.8 Å². The number of nitrogens with zero attached hydrogens (tertiary/aromatic N) is 2. The van der Waals surface area contributed by atoms with Crippen LogP contribution in [0.5, 0.6) is 0 Å². The zero-order valence-corrected chi connectivity index (χ0v) is 10.5. The molecule has 0 aliphatic carbocycles. The molecule has 0 aromatic rings. The Balaban J connectivity index is 1.86. The third kappa shape index (κ3) is 3.07. The van der Waals surface area contributed by atoms with Gasteiger partial charge in [0.15, 0.2) is 0 Å². The van der Waals surface area contributed by atoms with Gasteiger partial charge in [0.25, 0.3) is 5.91 Å². The molecule has 0 aromatic heterocycles. The molecule has 0 spiro atoms. The first-order chi connectivity index (χ1) is 8.70. The smallest absolute Gasteiger partial charge is 0.270 e. The van der Waals surface area contributed by atoms with Crippen molar-refractivity contribution in [3.8, 4) is 0 Å². The summed E-state index contributed by atoms with van der Waals surface area (Å²) in [5.74, 6) is 0.501. The highest BCUT2D eigenvalue weighted by molar-refractivity contribution is 6.39. The van der Waals surface area contributed by atoms with E-state index in [1.807, 2.05) is 4.90 Å². The molecule has 6 nitrogen and oxygen atoms in total. The first-order valence-corrected chi connectivity index (χ1v) is 6.55. The van der Waals surface area contributed by atoms with Crippen molar-refractivity contribution in [2.24, 2.45) is 16.8 Å². The summed E-state index contributed by atoms with van der Waals surface area (Å²) in [6.45, 7) is 2.27. The normalized spacial score (nSPS) is 21.5. The highest BCUT2D eigenvalue weighted by Crippen LogP contribution is 2.20. The number of likely N-dealkylation sites (tertiary alicyclic amines) is 1. The van der Waals surface area contributed by atoms with Gasteiger partial charge in [-0.3, -0.25) is 9.59 Å². The molecule has 2 amide bonds. The van der Waals surface area contributed by atoms with Gasteiger partial charge in [-0.2, -0.15) is 5.10 Å². The van der Waals surface area contributed by atoms with Crippen molar-refractivity contribution in [1.82, 2.24) is 10.3 Å². The number of carbonyl (C=O) groups excluding carboxylic acids is 2. The summed E-state index contributed by atoms with van der Waals surface area (Å²) in [5, 5.41) is 3.85. The Bertz CT molecular complexity index is 359. The number of nitrogens with two attached hydrogens (primary N) is 1. The molecule has 1 saturated heterocycles. The maximum Gasteiger partial charge on any atom is 0.270 e. The molecule has 2 rings (SSSR count). The zero-order valence-electron chi connectivity index (χ0n) is 10.5. The van der Waals surface area contributed by atoms with Gasteiger partial charge in [0.05, 0.1) is 0 Å². The Hall–Kier alpha value is -1.43. The third-order valence-electron chi connectivity index (χ3n) is 3.63. The predicted octanol–water partition coefficient (Wildman–Crippen LogP) is -0.160. The van der Waals surface area contributed by atoms with E-state index in [9.17, 15) is 9.59 Å². The first-order valence-electron chi connectivity index (χ1n) is 6.55. The lowest BCUT2D eigenvalue weighted by Crippen LogP contribution is -2.44. The number of piperidine rings is 1. The van der Waals surface area contributed by atoms with E-state index in [0.717, 1.165) is 38.9 Å². The molecule has 0 radical (unpaired) electrons. The summed E-state index contributed by atoms with van der Waals surface area (Å²) in [7, 11) is 0. The molecular weight excluding hydrogens is 232 g/mol. The average molecular weight is 252 g/mol. The Kier molecular flexibility index (Phi) is 4.30. The van der Waals surface area contributed by atoms with Crippen LogP contribution in [0.3, 0.4) is 0 Å². The summed E-state index contributed by atoms with van der Waals surface area (Å²) in [5.41, 5.74) is 8.39. The van der Waals surface area contributed by atoms with Gasteiger partial charge in [0.2, 0.25) is 5.91 Å². The van der Waals surface area contributed by atoms with Gasteiger partial charge < -0.3 is 10.6 Å². The standard InChI is InChI=1S/C12H20N4O2/c13-6-3-9-4-7-16(8-5-9)12(18)10-1-2-11(17)15-14-10/h9H,1-8,13H2,(H,15,17). The minimum Gasteiger partial charge on any atom is -0.338 e. The first kappa shape index (κ1) is 13.0. The minimum absolute atomic E-state index is 0.0267. The van der Waals surface area contributed by atoms with Crippen molar-refractivity contribution < 1.29 is 9.59 Å². The van der Waals surface area contributed by atoms with Crippen LogP contribution in [0.15, 0.2) is 5.10 Å². The van der Waals surface area contributed by atoms with Gasteiger partial charge >= 0.3 is 0 Å². The van der Waals surface area contributed by atoms with Crippen LogP contribution in [0.25, 0.3) is 0 Å². The second-order valence-electron chi connectivity index (χ2n) is 4.91. The number of nitrogens with one attached hydrogen (secondary N) is 1. The summed E-state index contributed by atoms with van der Waals surface area (Å²) >= 11 is 0. The molecule has 3 N–H and O–H groups in total. The minimum atomic E-state index is -0.117. The van der Waals surface area contributed by atoms with Crippen molar-refractivity contribution in [1.29, 1.82) is 0 Å². The summed E-state index contributed by atoms with van der Waals surface area (Å²) in [4.78, 5) is 24.9. The lowest BCUT2D eigenvalue weighted by molar-refractivity contribution is -0.125. The number of hydrogen-bond donors (Lipinski definition) is 2. The van der Waals surface area contributed by atoms with Crippen molar-refractivity contribution >= 4 is 17.5 Å². The van der Waals surface area contributed by atoms with Crippen LogP contribution in [0.2, 0.25) is 0 Å². The molecule has 18 heavy (non-hydrogen) atoms. The Labute approximate surface area is 107 Å². The largest absolute Gasteiger partial charge is 0.338 e. The summed E-state index contributed by atoms with van der Waals surface area (Å²) < 4.78 is 0. The molecule has 0 aromatic carbocycles. The Morgan fingerprint density at radius 2 is 2.11 bits per heavy atom. The number of hydrogen-bond acceptors (Lipinski definition) is 4. The van der Waals surface area contributed by atoms with Crippen LogP contribution in [-0.2, 0) is 9.59 Å². The summed E-state index contributed by atoms with van der Waals surface area (Å²) in [6, 6.07) is 0. The molecule has 0 unspecified atom stereocenters. The van der Waals surface area contributed by atoms with Gasteiger partial charge in [-0.1, -0.05) is 0 Å². The average Bonchev–Trinajstić information content (AvgIpc) is 2.40. The predicted molar refractivity (Wildman–Crippen MR) is 67.8 cm³/mol. The van der Waals surface area contributed by atoms with Crippen LogP contribution >= 0.6 is 0 Å². The van der Waals surface area contributed by atoms with E-state index >= 15 is 0 Å². The molecule has 0 bridgehead atoms. The third-order valence-corrected chi connectivity index (χ3v) is 3.63. The van der Waals surface area contributed by atoms with Crippen molar-refractivity contribution in [3.63, 3.8) is 0 Å². The maximum absolute atomic E-state index is 12.1.